The average molecular weight is 536 g/mol. The highest BCUT2D eigenvalue weighted by Gasteiger charge is 2.29. The lowest BCUT2D eigenvalue weighted by atomic mass is 10.1. The van der Waals surface area contributed by atoms with Crippen molar-refractivity contribution in [3.63, 3.8) is 0 Å². The number of rotatable bonds is 8. The molecule has 0 aliphatic carbocycles. The molecule has 1 aliphatic heterocycles. The zero-order valence-electron chi connectivity index (χ0n) is 20.9. The van der Waals surface area contributed by atoms with E-state index in [1.807, 2.05) is 0 Å². The van der Waals surface area contributed by atoms with Gasteiger partial charge in [-0.15, -0.1) is 0 Å². The number of sulfonamides is 1. The molecule has 0 fully saturated rings. The molecular formula is C27H25N3O7S. The molecule has 10 nitrogen and oxygen atoms in total. The molecule has 3 aromatic rings. The van der Waals surface area contributed by atoms with Gasteiger partial charge in [0.1, 0.15) is 6.61 Å². The summed E-state index contributed by atoms with van der Waals surface area (Å²) in [5.74, 6) is 0.209. The van der Waals surface area contributed by atoms with E-state index >= 15 is 0 Å². The molecule has 3 aromatic carbocycles. The molecule has 1 heterocycles. The van der Waals surface area contributed by atoms with E-state index in [2.05, 4.69) is 5.10 Å². The molecule has 0 bridgehead atoms. The fraction of sp³-hybridized carbons (Fsp3) is 0.148. The van der Waals surface area contributed by atoms with Crippen LogP contribution in [0.1, 0.15) is 28.4 Å². The maximum Gasteiger partial charge on any atom is 0.337 e. The fourth-order valence-electron chi connectivity index (χ4n) is 3.71. The van der Waals surface area contributed by atoms with Crippen molar-refractivity contribution in [3.8, 4) is 11.5 Å². The van der Waals surface area contributed by atoms with Crippen molar-refractivity contribution in [2.45, 2.75) is 18.4 Å². The van der Waals surface area contributed by atoms with E-state index < -0.39 is 16.0 Å². The van der Waals surface area contributed by atoms with E-state index in [4.69, 9.17) is 19.3 Å². The number of hydrogen-bond acceptors (Lipinski definition) is 8. The van der Waals surface area contributed by atoms with Gasteiger partial charge in [-0.1, -0.05) is 18.2 Å². The quantitative estimate of drug-likeness (QED) is 0.344. The third-order valence-electron chi connectivity index (χ3n) is 5.74. The first-order chi connectivity index (χ1) is 18.1. The second-order valence-corrected chi connectivity index (χ2v) is 9.85. The Morgan fingerprint density at radius 2 is 1.68 bits per heavy atom. The molecule has 0 saturated heterocycles. The number of nitrogens with two attached hydrogens (primary N) is 1. The number of hydrogen-bond donors (Lipinski definition) is 1. The third-order valence-corrected chi connectivity index (χ3v) is 6.67. The first-order valence-electron chi connectivity index (χ1n) is 11.3. The number of carbonyl (C=O) groups excluding carboxylic acids is 2. The molecule has 0 spiro atoms. The summed E-state index contributed by atoms with van der Waals surface area (Å²) in [5.41, 5.74) is 3.28. The Labute approximate surface area is 220 Å². The Hall–Kier alpha value is -4.48. The Balaban J connectivity index is 1.49. The summed E-state index contributed by atoms with van der Waals surface area (Å²) in [6, 6.07) is 17.7. The number of methoxy groups -OCH3 is 2. The average Bonchev–Trinajstić information content (AvgIpc) is 3.20. The van der Waals surface area contributed by atoms with Gasteiger partial charge in [-0.25, -0.2) is 18.4 Å². The molecule has 0 atom stereocenters. The van der Waals surface area contributed by atoms with Gasteiger partial charge in [0, 0.05) is 0 Å². The van der Waals surface area contributed by atoms with Gasteiger partial charge in [0.2, 0.25) is 10.0 Å². The number of anilines is 1. The molecule has 2 N–H and O–H groups in total. The number of nitrogens with zero attached hydrogens (tertiary/aromatic N) is 2. The van der Waals surface area contributed by atoms with Crippen LogP contribution in [-0.2, 0) is 26.2 Å². The largest absolute Gasteiger partial charge is 0.493 e. The Morgan fingerprint density at radius 3 is 2.29 bits per heavy atom. The zero-order chi connectivity index (χ0) is 27.4. The molecule has 1 aliphatic rings. The molecule has 0 saturated carbocycles. The highest BCUT2D eigenvalue weighted by Crippen LogP contribution is 2.31. The molecule has 11 heteroatoms. The SMILES string of the molecule is COC(=O)c1ccc(COc2ccc(/C=C3\C(=O)N(c4ccc(S(N)(=O)=O)cc4)N=C3C)cc2OC)cc1. The molecule has 38 heavy (non-hydrogen) atoms. The zero-order valence-corrected chi connectivity index (χ0v) is 21.7. The molecule has 1 amide bonds. The topological polar surface area (TPSA) is 138 Å². The number of benzene rings is 3. The minimum absolute atomic E-state index is 0.0584. The van der Waals surface area contributed by atoms with Crippen molar-refractivity contribution in [3.05, 3.63) is 89.0 Å². The first-order valence-corrected chi connectivity index (χ1v) is 12.9. The number of esters is 1. The lowest BCUT2D eigenvalue weighted by Gasteiger charge is -2.13. The number of carbonyl (C=O) groups is 2. The van der Waals surface area contributed by atoms with Crippen LogP contribution in [0.15, 0.2) is 82.3 Å². The second kappa shape index (κ2) is 10.9. The van der Waals surface area contributed by atoms with Crippen molar-refractivity contribution in [2.75, 3.05) is 19.2 Å². The summed E-state index contributed by atoms with van der Waals surface area (Å²) in [4.78, 5) is 24.6. The molecule has 0 unspecified atom stereocenters. The van der Waals surface area contributed by atoms with Crippen LogP contribution in [0.2, 0.25) is 0 Å². The predicted molar refractivity (Wildman–Crippen MR) is 141 cm³/mol. The Bertz CT molecular complexity index is 1540. The van der Waals surface area contributed by atoms with Gasteiger partial charge in [-0.2, -0.15) is 10.1 Å². The van der Waals surface area contributed by atoms with E-state index in [0.29, 0.717) is 39.6 Å². The predicted octanol–water partition coefficient (Wildman–Crippen LogP) is 3.51. The van der Waals surface area contributed by atoms with Crippen LogP contribution < -0.4 is 19.6 Å². The van der Waals surface area contributed by atoms with Crippen LogP contribution in [0.4, 0.5) is 5.69 Å². The van der Waals surface area contributed by atoms with Gasteiger partial charge >= 0.3 is 5.97 Å². The van der Waals surface area contributed by atoms with Gasteiger partial charge < -0.3 is 14.2 Å². The summed E-state index contributed by atoms with van der Waals surface area (Å²) in [5, 5.41) is 10.7. The maximum absolute atomic E-state index is 13.1. The van der Waals surface area contributed by atoms with Crippen LogP contribution in [0.5, 0.6) is 11.5 Å². The molecule has 0 aromatic heterocycles. The molecule has 0 radical (unpaired) electrons. The number of primary sulfonamides is 1. The minimum Gasteiger partial charge on any atom is -0.493 e. The summed E-state index contributed by atoms with van der Waals surface area (Å²) < 4.78 is 39.1. The summed E-state index contributed by atoms with van der Waals surface area (Å²) in [6.07, 6.45) is 1.69. The van der Waals surface area contributed by atoms with Crippen LogP contribution in [0.3, 0.4) is 0 Å². The van der Waals surface area contributed by atoms with Gasteiger partial charge in [-0.3, -0.25) is 4.79 Å². The number of hydrazone groups is 1. The molecular weight excluding hydrogens is 510 g/mol. The van der Waals surface area contributed by atoms with Crippen LogP contribution in [0.25, 0.3) is 6.08 Å². The molecule has 196 valence electrons. The van der Waals surface area contributed by atoms with Gasteiger partial charge in [-0.05, 0) is 72.7 Å². The van der Waals surface area contributed by atoms with Crippen LogP contribution >= 0.6 is 0 Å². The van der Waals surface area contributed by atoms with Crippen molar-refractivity contribution in [1.82, 2.24) is 0 Å². The number of amides is 1. The van der Waals surface area contributed by atoms with E-state index in [-0.39, 0.29) is 17.4 Å². The number of ether oxygens (including phenoxy) is 3. The minimum atomic E-state index is -3.84. The van der Waals surface area contributed by atoms with Crippen LogP contribution in [0, 0.1) is 0 Å². The van der Waals surface area contributed by atoms with Crippen molar-refractivity contribution < 1.29 is 32.2 Å². The van der Waals surface area contributed by atoms with E-state index in [1.165, 1.54) is 43.5 Å². The molecule has 4 rings (SSSR count). The third kappa shape index (κ3) is 5.74. The standard InChI is InChI=1S/C27H25N3O7S/c1-17-23(26(31)30(29-17)21-9-11-22(12-10-21)38(28,33)34)14-19-6-13-24(25(15-19)35-2)37-16-18-4-7-20(8-5-18)27(32)36-3/h4-15H,16H2,1-3H3,(H2,28,33,34)/b23-14-. The Kier molecular flexibility index (Phi) is 7.60. The van der Waals surface area contributed by atoms with E-state index in [9.17, 15) is 18.0 Å². The van der Waals surface area contributed by atoms with Crippen LogP contribution in [-0.4, -0.2) is 40.2 Å². The van der Waals surface area contributed by atoms with Crippen molar-refractivity contribution in [2.24, 2.45) is 10.2 Å². The normalized spacial score (nSPS) is 14.4. The monoisotopic (exact) mass is 535 g/mol. The van der Waals surface area contributed by atoms with Gasteiger partial charge in [0.05, 0.1) is 41.7 Å². The van der Waals surface area contributed by atoms with Gasteiger partial charge in [0.15, 0.2) is 11.5 Å². The lowest BCUT2D eigenvalue weighted by molar-refractivity contribution is -0.114. The highest BCUT2D eigenvalue weighted by atomic mass is 32.2. The first kappa shape index (κ1) is 26.6. The summed E-state index contributed by atoms with van der Waals surface area (Å²) in [7, 11) is -0.998. The lowest BCUT2D eigenvalue weighted by Crippen LogP contribution is -2.21. The van der Waals surface area contributed by atoms with Gasteiger partial charge in [0.25, 0.3) is 5.91 Å². The van der Waals surface area contributed by atoms with E-state index in [1.54, 1.807) is 55.5 Å². The van der Waals surface area contributed by atoms with Crippen molar-refractivity contribution in [1.29, 1.82) is 0 Å². The van der Waals surface area contributed by atoms with E-state index in [0.717, 1.165) is 5.56 Å². The van der Waals surface area contributed by atoms with Crippen molar-refractivity contribution >= 4 is 39.4 Å². The second-order valence-electron chi connectivity index (χ2n) is 8.29. The Morgan fingerprint density at radius 1 is 1.00 bits per heavy atom. The highest BCUT2D eigenvalue weighted by molar-refractivity contribution is 7.89. The smallest absolute Gasteiger partial charge is 0.337 e. The summed E-state index contributed by atoms with van der Waals surface area (Å²) >= 11 is 0. The maximum atomic E-state index is 13.1. The summed E-state index contributed by atoms with van der Waals surface area (Å²) in [6.45, 7) is 1.96. The fourth-order valence-corrected chi connectivity index (χ4v) is 4.23.